The number of nitrogens with zero attached hydrogens (tertiary/aromatic N) is 2. The fourth-order valence-corrected chi connectivity index (χ4v) is 2.52. The van der Waals surface area contributed by atoms with E-state index in [1.807, 2.05) is 6.92 Å². The Hall–Kier alpha value is -2.83. The Balaban J connectivity index is 1.41. The number of hydrogen-bond donors (Lipinski definition) is 1. The molecule has 1 aromatic heterocycles. The summed E-state index contributed by atoms with van der Waals surface area (Å²) in [6, 6.07) is 10.4. The molecule has 3 rings (SSSR count). The first-order valence-electron chi connectivity index (χ1n) is 8.86. The fourth-order valence-electron chi connectivity index (χ4n) is 2.52. The van der Waals surface area contributed by atoms with E-state index in [1.165, 1.54) is 10.7 Å². The van der Waals surface area contributed by atoms with Gasteiger partial charge >= 0.3 is 0 Å². The number of carbonyl (C=O) groups excluding carboxylic acids is 1. The summed E-state index contributed by atoms with van der Waals surface area (Å²) in [7, 11) is 0. The van der Waals surface area contributed by atoms with Crippen LogP contribution in [0.5, 0.6) is 11.5 Å². The van der Waals surface area contributed by atoms with Gasteiger partial charge in [-0.25, -0.2) is 4.68 Å². The van der Waals surface area contributed by atoms with Crippen molar-refractivity contribution in [2.45, 2.75) is 32.2 Å². The monoisotopic (exact) mass is 357 g/mol. The van der Waals surface area contributed by atoms with Crippen LogP contribution in [-0.4, -0.2) is 35.4 Å². The van der Waals surface area contributed by atoms with Crippen molar-refractivity contribution in [1.82, 2.24) is 15.1 Å². The Bertz CT molecular complexity index is 797. The van der Waals surface area contributed by atoms with E-state index in [2.05, 4.69) is 10.4 Å². The molecule has 0 spiro atoms. The molecule has 138 valence electrons. The quantitative estimate of drug-likeness (QED) is 0.739. The summed E-state index contributed by atoms with van der Waals surface area (Å²) in [4.78, 5) is 23.7. The number of carbonyl (C=O) groups is 1. The van der Waals surface area contributed by atoms with Gasteiger partial charge in [-0.05, 0) is 50.1 Å². The number of nitrogens with one attached hydrogen (secondary N) is 1. The van der Waals surface area contributed by atoms with Crippen LogP contribution in [0.2, 0.25) is 0 Å². The van der Waals surface area contributed by atoms with E-state index in [1.54, 1.807) is 30.3 Å². The van der Waals surface area contributed by atoms with Crippen LogP contribution in [0.25, 0.3) is 0 Å². The normalized spacial score (nSPS) is 13.3. The smallest absolute Gasteiger partial charge is 0.266 e. The predicted octanol–water partition coefficient (Wildman–Crippen LogP) is 1.71. The summed E-state index contributed by atoms with van der Waals surface area (Å²) in [6.45, 7) is 3.10. The SMILES string of the molecule is CCOc1ccc(OCC(=O)NCCn2nc(C3CC3)ccc2=O)cc1. The molecule has 0 unspecified atom stereocenters. The Morgan fingerprint density at radius 2 is 1.85 bits per heavy atom. The zero-order chi connectivity index (χ0) is 18.4. The lowest BCUT2D eigenvalue weighted by Crippen LogP contribution is -2.34. The molecular weight excluding hydrogens is 334 g/mol. The van der Waals surface area contributed by atoms with Crippen LogP contribution in [0.3, 0.4) is 0 Å². The molecule has 0 bridgehead atoms. The first kappa shape index (κ1) is 18.0. The van der Waals surface area contributed by atoms with Crippen LogP contribution >= 0.6 is 0 Å². The Morgan fingerprint density at radius 1 is 1.15 bits per heavy atom. The highest BCUT2D eigenvalue weighted by Crippen LogP contribution is 2.38. The maximum absolute atomic E-state index is 11.9. The maximum Gasteiger partial charge on any atom is 0.266 e. The molecule has 1 heterocycles. The van der Waals surface area contributed by atoms with E-state index in [9.17, 15) is 9.59 Å². The minimum Gasteiger partial charge on any atom is -0.494 e. The van der Waals surface area contributed by atoms with Crippen molar-refractivity contribution < 1.29 is 14.3 Å². The molecule has 1 aliphatic rings. The van der Waals surface area contributed by atoms with Crippen LogP contribution in [0.4, 0.5) is 0 Å². The molecule has 1 saturated carbocycles. The third-order valence-electron chi connectivity index (χ3n) is 4.03. The van der Waals surface area contributed by atoms with E-state index in [0.717, 1.165) is 24.3 Å². The zero-order valence-electron chi connectivity index (χ0n) is 14.8. The Labute approximate surface area is 151 Å². The molecule has 0 atom stereocenters. The summed E-state index contributed by atoms with van der Waals surface area (Å²) in [6.07, 6.45) is 2.26. The van der Waals surface area contributed by atoms with Crippen LogP contribution < -0.4 is 20.3 Å². The van der Waals surface area contributed by atoms with Gasteiger partial charge in [0.1, 0.15) is 11.5 Å². The largest absolute Gasteiger partial charge is 0.494 e. The van der Waals surface area contributed by atoms with Crippen molar-refractivity contribution in [1.29, 1.82) is 0 Å². The number of hydrogen-bond acceptors (Lipinski definition) is 5. The van der Waals surface area contributed by atoms with Gasteiger partial charge in [0.25, 0.3) is 11.5 Å². The van der Waals surface area contributed by atoms with E-state index in [-0.39, 0.29) is 18.1 Å². The zero-order valence-corrected chi connectivity index (χ0v) is 14.8. The number of ether oxygens (including phenoxy) is 2. The Morgan fingerprint density at radius 3 is 2.50 bits per heavy atom. The lowest BCUT2D eigenvalue weighted by Gasteiger charge is -2.09. The van der Waals surface area contributed by atoms with Gasteiger partial charge in [-0.2, -0.15) is 5.10 Å². The van der Waals surface area contributed by atoms with Crippen LogP contribution in [-0.2, 0) is 11.3 Å². The highest BCUT2D eigenvalue weighted by molar-refractivity contribution is 5.77. The average molecular weight is 357 g/mol. The van der Waals surface area contributed by atoms with E-state index in [0.29, 0.717) is 31.4 Å². The van der Waals surface area contributed by atoms with Crippen LogP contribution in [0.1, 0.15) is 31.4 Å². The second kappa shape index (κ2) is 8.51. The van der Waals surface area contributed by atoms with E-state index in [4.69, 9.17) is 9.47 Å². The topological polar surface area (TPSA) is 82.4 Å². The van der Waals surface area contributed by atoms with Crippen molar-refractivity contribution in [2.24, 2.45) is 0 Å². The molecule has 1 fully saturated rings. The van der Waals surface area contributed by atoms with Gasteiger partial charge in [-0.3, -0.25) is 9.59 Å². The summed E-state index contributed by atoms with van der Waals surface area (Å²) in [5.41, 5.74) is 0.795. The summed E-state index contributed by atoms with van der Waals surface area (Å²) in [5, 5.41) is 7.09. The molecule has 7 heteroatoms. The summed E-state index contributed by atoms with van der Waals surface area (Å²) in [5.74, 6) is 1.60. The summed E-state index contributed by atoms with van der Waals surface area (Å²) < 4.78 is 12.2. The van der Waals surface area contributed by atoms with Crippen molar-refractivity contribution in [3.8, 4) is 11.5 Å². The van der Waals surface area contributed by atoms with Gasteiger partial charge in [-0.15, -0.1) is 0 Å². The van der Waals surface area contributed by atoms with Crippen LogP contribution in [0.15, 0.2) is 41.2 Å². The van der Waals surface area contributed by atoms with Gasteiger partial charge < -0.3 is 14.8 Å². The summed E-state index contributed by atoms with van der Waals surface area (Å²) >= 11 is 0. The molecule has 1 aromatic carbocycles. The maximum atomic E-state index is 11.9. The van der Waals surface area contributed by atoms with Gasteiger partial charge in [0.2, 0.25) is 0 Å². The lowest BCUT2D eigenvalue weighted by molar-refractivity contribution is -0.123. The second-order valence-corrected chi connectivity index (χ2v) is 6.14. The molecule has 0 saturated heterocycles. The third kappa shape index (κ3) is 5.08. The minimum atomic E-state index is -0.245. The second-order valence-electron chi connectivity index (χ2n) is 6.14. The molecule has 26 heavy (non-hydrogen) atoms. The fraction of sp³-hybridized carbons (Fsp3) is 0.421. The standard InChI is InChI=1S/C19H23N3O4/c1-2-25-15-5-7-16(8-6-15)26-13-18(23)20-11-12-22-19(24)10-9-17(21-22)14-3-4-14/h5-10,14H,2-4,11-13H2,1H3,(H,20,23). The van der Waals surface area contributed by atoms with Crippen LogP contribution in [0, 0.1) is 0 Å². The number of rotatable bonds is 9. The van der Waals surface area contributed by atoms with E-state index < -0.39 is 0 Å². The number of amides is 1. The van der Waals surface area contributed by atoms with Gasteiger partial charge in [0.15, 0.2) is 6.61 Å². The molecule has 1 N–H and O–H groups in total. The lowest BCUT2D eigenvalue weighted by atomic mass is 10.3. The minimum absolute atomic E-state index is 0.0849. The highest BCUT2D eigenvalue weighted by Gasteiger charge is 2.25. The Kier molecular flexibility index (Phi) is 5.88. The van der Waals surface area contributed by atoms with Gasteiger partial charge in [-0.1, -0.05) is 0 Å². The third-order valence-corrected chi connectivity index (χ3v) is 4.03. The number of benzene rings is 1. The molecule has 2 aromatic rings. The average Bonchev–Trinajstić information content (AvgIpc) is 3.48. The van der Waals surface area contributed by atoms with Gasteiger partial charge in [0.05, 0.1) is 18.8 Å². The molecule has 0 radical (unpaired) electrons. The predicted molar refractivity (Wildman–Crippen MR) is 96.6 cm³/mol. The molecule has 1 aliphatic carbocycles. The van der Waals surface area contributed by atoms with Crippen molar-refractivity contribution in [2.75, 3.05) is 19.8 Å². The molecular formula is C19H23N3O4. The van der Waals surface area contributed by atoms with Gasteiger partial charge in [0, 0.05) is 18.5 Å². The highest BCUT2D eigenvalue weighted by atomic mass is 16.5. The van der Waals surface area contributed by atoms with Crippen molar-refractivity contribution in [3.63, 3.8) is 0 Å². The van der Waals surface area contributed by atoms with E-state index >= 15 is 0 Å². The molecule has 7 nitrogen and oxygen atoms in total. The molecule has 1 amide bonds. The first-order valence-corrected chi connectivity index (χ1v) is 8.86. The first-order chi connectivity index (χ1) is 12.7. The van der Waals surface area contributed by atoms with Crippen molar-refractivity contribution in [3.05, 3.63) is 52.4 Å². The number of aromatic nitrogens is 2. The molecule has 0 aliphatic heterocycles. The van der Waals surface area contributed by atoms with Crippen molar-refractivity contribution >= 4 is 5.91 Å².